The number of benzene rings is 1. The highest BCUT2D eigenvalue weighted by Crippen LogP contribution is 2.38. The average Bonchev–Trinajstić information content (AvgIpc) is 3.10. The molecule has 0 bridgehead atoms. The molecule has 1 saturated carbocycles. The predicted octanol–water partition coefficient (Wildman–Crippen LogP) is 3.45. The highest BCUT2D eigenvalue weighted by Gasteiger charge is 2.41. The maximum Gasteiger partial charge on any atom is 0.258 e. The molecule has 6 nitrogen and oxygen atoms in total. The van der Waals surface area contributed by atoms with E-state index in [2.05, 4.69) is 42.0 Å². The summed E-state index contributed by atoms with van der Waals surface area (Å²) in [6.07, 6.45) is 2.65. The molecule has 1 amide bonds. The van der Waals surface area contributed by atoms with E-state index < -0.39 is 0 Å². The minimum Gasteiger partial charge on any atom is -0.506 e. The van der Waals surface area contributed by atoms with E-state index in [0.29, 0.717) is 45.2 Å². The summed E-state index contributed by atoms with van der Waals surface area (Å²) in [5.74, 6) is 1.23. The van der Waals surface area contributed by atoms with Gasteiger partial charge in [0.05, 0.1) is 8.95 Å². The summed E-state index contributed by atoms with van der Waals surface area (Å²) in [5, 5.41) is 13.8. The van der Waals surface area contributed by atoms with Crippen LogP contribution in [0.4, 0.5) is 0 Å². The normalized spacial score (nSPS) is 21.2. The van der Waals surface area contributed by atoms with E-state index in [4.69, 9.17) is 4.52 Å². The van der Waals surface area contributed by atoms with Gasteiger partial charge in [0.15, 0.2) is 5.82 Å². The smallest absolute Gasteiger partial charge is 0.258 e. The Balaban J connectivity index is 1.59. The zero-order chi connectivity index (χ0) is 16.1. The van der Waals surface area contributed by atoms with Crippen LogP contribution in [0, 0.1) is 0 Å². The van der Waals surface area contributed by atoms with Crippen LogP contribution in [-0.2, 0) is 4.79 Å². The molecule has 1 aromatic carbocycles. The summed E-state index contributed by atoms with van der Waals surface area (Å²) in [6.45, 7) is 0.672. The molecule has 0 spiro atoms. The van der Waals surface area contributed by atoms with Crippen molar-refractivity contribution in [1.82, 2.24) is 15.0 Å². The van der Waals surface area contributed by atoms with Gasteiger partial charge in [-0.05, 0) is 56.8 Å². The monoisotopic (exact) mass is 441 g/mol. The number of hydrogen-bond donors (Lipinski definition) is 1. The zero-order valence-electron chi connectivity index (χ0n) is 12.0. The lowest BCUT2D eigenvalue weighted by Crippen LogP contribution is -2.27. The largest absolute Gasteiger partial charge is 0.506 e. The van der Waals surface area contributed by atoms with Gasteiger partial charge in [-0.2, -0.15) is 4.98 Å². The van der Waals surface area contributed by atoms with Crippen LogP contribution >= 0.6 is 31.9 Å². The lowest BCUT2D eigenvalue weighted by Gasteiger charge is -2.13. The molecular weight excluding hydrogens is 430 g/mol. The molecule has 1 unspecified atom stereocenters. The van der Waals surface area contributed by atoms with Crippen LogP contribution in [0.3, 0.4) is 0 Å². The summed E-state index contributed by atoms with van der Waals surface area (Å²) in [6, 6.07) is 3.85. The van der Waals surface area contributed by atoms with Crippen LogP contribution in [-0.4, -0.2) is 38.6 Å². The first-order chi connectivity index (χ1) is 11.0. The van der Waals surface area contributed by atoms with Gasteiger partial charge in [-0.1, -0.05) is 5.16 Å². The number of phenolic OH excluding ortho intramolecular Hbond substituents is 1. The number of aromatic nitrogens is 2. The average molecular weight is 443 g/mol. The van der Waals surface area contributed by atoms with Crippen LogP contribution < -0.4 is 0 Å². The van der Waals surface area contributed by atoms with E-state index in [1.54, 1.807) is 12.1 Å². The van der Waals surface area contributed by atoms with Crippen molar-refractivity contribution >= 4 is 37.8 Å². The Morgan fingerprint density at radius 2 is 1.96 bits per heavy atom. The first kappa shape index (κ1) is 15.1. The Morgan fingerprint density at radius 1 is 1.26 bits per heavy atom. The fraction of sp³-hybridized carbons (Fsp3) is 0.400. The van der Waals surface area contributed by atoms with Gasteiger partial charge < -0.3 is 14.5 Å². The first-order valence-corrected chi connectivity index (χ1v) is 8.93. The molecule has 23 heavy (non-hydrogen) atoms. The summed E-state index contributed by atoms with van der Waals surface area (Å²) >= 11 is 6.57. The second-order valence-corrected chi connectivity index (χ2v) is 7.63. The number of amides is 1. The first-order valence-electron chi connectivity index (χ1n) is 7.34. The van der Waals surface area contributed by atoms with Crippen molar-refractivity contribution < 1.29 is 14.4 Å². The molecule has 1 aliphatic heterocycles. The van der Waals surface area contributed by atoms with E-state index >= 15 is 0 Å². The molecule has 0 radical (unpaired) electrons. The summed E-state index contributed by atoms with van der Waals surface area (Å²) in [4.78, 5) is 18.4. The number of halogens is 2. The van der Waals surface area contributed by atoms with E-state index in [1.807, 2.05) is 4.90 Å². The van der Waals surface area contributed by atoms with Crippen molar-refractivity contribution in [1.29, 1.82) is 0 Å². The second kappa shape index (κ2) is 5.59. The number of nitrogens with zero attached hydrogens (tertiary/aromatic N) is 3. The third kappa shape index (κ3) is 2.78. The van der Waals surface area contributed by atoms with Gasteiger partial charge in [0.1, 0.15) is 5.75 Å². The summed E-state index contributed by atoms with van der Waals surface area (Å²) in [7, 11) is 0. The van der Waals surface area contributed by atoms with Gasteiger partial charge in [0.2, 0.25) is 5.91 Å². The molecule has 2 heterocycles. The Bertz CT molecular complexity index is 765. The van der Waals surface area contributed by atoms with Crippen molar-refractivity contribution in [2.24, 2.45) is 0 Å². The van der Waals surface area contributed by atoms with Crippen LogP contribution in [0.15, 0.2) is 25.6 Å². The number of likely N-dealkylation sites (tertiary alicyclic amines) is 1. The summed E-state index contributed by atoms with van der Waals surface area (Å²) < 4.78 is 6.42. The van der Waals surface area contributed by atoms with Crippen LogP contribution in [0.25, 0.3) is 11.5 Å². The molecule has 1 N–H and O–H groups in total. The van der Waals surface area contributed by atoms with Crippen LogP contribution in [0.5, 0.6) is 5.75 Å². The number of carbonyl (C=O) groups excluding carboxylic acids is 1. The Morgan fingerprint density at radius 3 is 2.61 bits per heavy atom. The van der Waals surface area contributed by atoms with E-state index in [9.17, 15) is 9.90 Å². The van der Waals surface area contributed by atoms with Crippen molar-refractivity contribution in [3.63, 3.8) is 0 Å². The number of carbonyl (C=O) groups is 1. The quantitative estimate of drug-likeness (QED) is 0.787. The van der Waals surface area contributed by atoms with Crippen molar-refractivity contribution in [2.75, 3.05) is 6.54 Å². The molecule has 120 valence electrons. The maximum absolute atomic E-state index is 12.0. The molecule has 2 aliphatic rings. The Hall–Kier alpha value is -1.41. The van der Waals surface area contributed by atoms with E-state index in [-0.39, 0.29) is 17.6 Å². The lowest BCUT2D eigenvalue weighted by molar-refractivity contribution is -0.128. The molecule has 8 heteroatoms. The highest BCUT2D eigenvalue weighted by molar-refractivity contribution is 9.11. The molecule has 1 aliphatic carbocycles. The standard InChI is InChI=1S/C15H13Br2N3O3/c16-10-3-7(4-11(17)13(10)22)15-18-14(19-23-15)8-5-12(21)20(6-8)9-1-2-9/h3-4,8-9,22H,1-2,5-6H2. The Labute approximate surface area is 149 Å². The fourth-order valence-corrected chi connectivity index (χ4v) is 4.04. The second-order valence-electron chi connectivity index (χ2n) is 5.92. The number of phenols is 1. The van der Waals surface area contributed by atoms with Gasteiger partial charge in [-0.15, -0.1) is 0 Å². The maximum atomic E-state index is 12.0. The SMILES string of the molecule is O=C1CC(c2noc(-c3cc(Br)c(O)c(Br)c3)n2)CN1C1CC1. The number of aromatic hydroxyl groups is 1. The van der Waals surface area contributed by atoms with Gasteiger partial charge in [0.25, 0.3) is 5.89 Å². The predicted molar refractivity (Wildman–Crippen MR) is 88.9 cm³/mol. The van der Waals surface area contributed by atoms with Crippen LogP contribution in [0.2, 0.25) is 0 Å². The number of hydrogen-bond acceptors (Lipinski definition) is 5. The van der Waals surface area contributed by atoms with Gasteiger partial charge >= 0.3 is 0 Å². The third-order valence-electron chi connectivity index (χ3n) is 4.22. The van der Waals surface area contributed by atoms with Gasteiger partial charge in [0, 0.05) is 30.5 Å². The minimum absolute atomic E-state index is 0.00963. The Kier molecular flexibility index (Phi) is 3.68. The molecule has 1 saturated heterocycles. The zero-order valence-corrected chi connectivity index (χ0v) is 15.2. The molecule has 1 atom stereocenters. The topological polar surface area (TPSA) is 79.5 Å². The molecule has 2 fully saturated rings. The minimum atomic E-state index is -0.00963. The molecule has 2 aromatic rings. The van der Waals surface area contributed by atoms with Crippen molar-refractivity contribution in [3.05, 3.63) is 26.9 Å². The van der Waals surface area contributed by atoms with Gasteiger partial charge in [-0.3, -0.25) is 4.79 Å². The van der Waals surface area contributed by atoms with Gasteiger partial charge in [-0.25, -0.2) is 0 Å². The molecule has 1 aromatic heterocycles. The highest BCUT2D eigenvalue weighted by atomic mass is 79.9. The van der Waals surface area contributed by atoms with Crippen molar-refractivity contribution in [3.8, 4) is 17.2 Å². The fourth-order valence-electron chi connectivity index (χ4n) is 2.85. The van der Waals surface area contributed by atoms with E-state index in [1.165, 1.54) is 0 Å². The summed E-state index contributed by atoms with van der Waals surface area (Å²) in [5.41, 5.74) is 0.698. The van der Waals surface area contributed by atoms with Crippen molar-refractivity contribution in [2.45, 2.75) is 31.2 Å². The van der Waals surface area contributed by atoms with E-state index in [0.717, 1.165) is 12.8 Å². The third-order valence-corrected chi connectivity index (χ3v) is 5.43. The molecule has 4 rings (SSSR count). The molecular formula is C15H13Br2N3O3. The lowest BCUT2D eigenvalue weighted by atomic mass is 10.1. The van der Waals surface area contributed by atoms with Crippen LogP contribution in [0.1, 0.15) is 31.0 Å². The number of rotatable bonds is 3.